The number of hydrogen-bond acceptors (Lipinski definition) is 0. The average Bonchev–Trinajstić information content (AvgIpc) is 2.00. The summed E-state index contributed by atoms with van der Waals surface area (Å²) in [5.41, 5.74) is 0.558. The lowest BCUT2D eigenvalue weighted by molar-refractivity contribution is 0.501. The fraction of sp³-hybridized carbons (Fsp3) is 0.250. The van der Waals surface area contributed by atoms with Gasteiger partial charge in [0.05, 0.1) is 0 Å². The van der Waals surface area contributed by atoms with E-state index >= 15 is 0 Å². The van der Waals surface area contributed by atoms with Gasteiger partial charge in [-0.05, 0) is 24.1 Å². The number of hydrogen-bond donors (Lipinski definition) is 0. The monoisotopic (exact) mass is 210 g/mol. The first-order chi connectivity index (χ1) is 5.54. The third-order valence-corrected chi connectivity index (χ3v) is 2.09. The van der Waals surface area contributed by atoms with Gasteiger partial charge >= 0.3 is 0 Å². The third-order valence-electron chi connectivity index (χ3n) is 1.62. The Kier molecular flexibility index (Phi) is 2.91. The second kappa shape index (κ2) is 3.58. The molecule has 0 aromatic heterocycles. The molecule has 0 amide bonds. The van der Waals surface area contributed by atoms with Gasteiger partial charge < -0.3 is 0 Å². The lowest BCUT2D eigenvalue weighted by Gasteiger charge is -2.06. The van der Waals surface area contributed by atoms with Crippen molar-refractivity contribution in [2.45, 2.75) is 11.8 Å². The standard InChI is InChI=1S/C8H6Cl2F2/c1-4-5(8(9)10)2-3-6(11)7(4)12/h2-3,8H,1H3. The zero-order chi connectivity index (χ0) is 9.30. The lowest BCUT2D eigenvalue weighted by Crippen LogP contribution is -1.95. The summed E-state index contributed by atoms with van der Waals surface area (Å²) in [7, 11) is 0. The number of halogens is 4. The first-order valence-corrected chi connectivity index (χ1v) is 4.14. The highest BCUT2D eigenvalue weighted by atomic mass is 35.5. The van der Waals surface area contributed by atoms with Gasteiger partial charge in [-0.1, -0.05) is 6.07 Å². The van der Waals surface area contributed by atoms with Crippen molar-refractivity contribution < 1.29 is 8.78 Å². The van der Waals surface area contributed by atoms with Crippen molar-refractivity contribution in [3.05, 3.63) is 34.9 Å². The summed E-state index contributed by atoms with van der Waals surface area (Å²) in [5, 5.41) is 0. The van der Waals surface area contributed by atoms with Gasteiger partial charge in [-0.15, -0.1) is 23.2 Å². The molecule has 0 radical (unpaired) electrons. The second-order valence-electron chi connectivity index (χ2n) is 2.38. The maximum atomic E-state index is 12.9. The van der Waals surface area contributed by atoms with Crippen molar-refractivity contribution in [3.8, 4) is 0 Å². The van der Waals surface area contributed by atoms with E-state index < -0.39 is 16.5 Å². The zero-order valence-corrected chi connectivity index (χ0v) is 7.76. The van der Waals surface area contributed by atoms with Crippen LogP contribution in [0.3, 0.4) is 0 Å². The quantitative estimate of drug-likeness (QED) is 0.620. The van der Waals surface area contributed by atoms with Crippen molar-refractivity contribution in [3.63, 3.8) is 0 Å². The molecular weight excluding hydrogens is 205 g/mol. The number of alkyl halides is 2. The van der Waals surface area contributed by atoms with Gasteiger partial charge in [-0.25, -0.2) is 8.78 Å². The van der Waals surface area contributed by atoms with Crippen LogP contribution in [-0.4, -0.2) is 0 Å². The van der Waals surface area contributed by atoms with Crippen LogP contribution < -0.4 is 0 Å². The van der Waals surface area contributed by atoms with Crippen LogP contribution in [0, 0.1) is 18.6 Å². The fourth-order valence-corrected chi connectivity index (χ4v) is 1.38. The van der Waals surface area contributed by atoms with E-state index in [0.29, 0.717) is 5.56 Å². The molecule has 0 saturated heterocycles. The van der Waals surface area contributed by atoms with Crippen LogP contribution in [0.25, 0.3) is 0 Å². The summed E-state index contributed by atoms with van der Waals surface area (Å²) >= 11 is 11.0. The normalized spacial score (nSPS) is 10.8. The van der Waals surface area contributed by atoms with Gasteiger partial charge in [0.1, 0.15) is 4.84 Å². The molecule has 0 heterocycles. The van der Waals surface area contributed by atoms with E-state index in [2.05, 4.69) is 0 Å². The molecule has 12 heavy (non-hydrogen) atoms. The van der Waals surface area contributed by atoms with Gasteiger partial charge in [-0.3, -0.25) is 0 Å². The molecule has 0 aliphatic carbocycles. The van der Waals surface area contributed by atoms with Crippen LogP contribution in [-0.2, 0) is 0 Å². The summed E-state index contributed by atoms with van der Waals surface area (Å²) in [5.74, 6) is -1.77. The predicted molar refractivity (Wildman–Crippen MR) is 45.5 cm³/mol. The van der Waals surface area contributed by atoms with Crippen molar-refractivity contribution in [1.82, 2.24) is 0 Å². The Bertz CT molecular complexity index is 297. The van der Waals surface area contributed by atoms with Gasteiger partial charge in [0.15, 0.2) is 11.6 Å². The molecule has 0 nitrogen and oxygen atoms in total. The minimum atomic E-state index is -0.890. The molecule has 4 heteroatoms. The minimum absolute atomic E-state index is 0.157. The van der Waals surface area contributed by atoms with Crippen molar-refractivity contribution in [1.29, 1.82) is 0 Å². The predicted octanol–water partition coefficient (Wildman–Crippen LogP) is 3.75. The Hall–Kier alpha value is -0.340. The second-order valence-corrected chi connectivity index (χ2v) is 3.47. The average molecular weight is 211 g/mol. The Morgan fingerprint density at radius 1 is 1.25 bits per heavy atom. The summed E-state index contributed by atoms with van der Waals surface area (Å²) in [6.07, 6.45) is 0. The smallest absolute Gasteiger partial charge is 0.162 e. The molecule has 0 aliphatic rings. The number of benzene rings is 1. The summed E-state index contributed by atoms with van der Waals surface area (Å²) in [4.78, 5) is -0.819. The Morgan fingerprint density at radius 3 is 2.33 bits per heavy atom. The van der Waals surface area contributed by atoms with Crippen LogP contribution in [0.15, 0.2) is 12.1 Å². The highest BCUT2D eigenvalue weighted by Gasteiger charge is 2.13. The molecule has 1 aromatic carbocycles. The van der Waals surface area contributed by atoms with Crippen molar-refractivity contribution >= 4 is 23.2 Å². The molecule has 0 saturated carbocycles. The van der Waals surface area contributed by atoms with E-state index in [1.54, 1.807) is 0 Å². The summed E-state index contributed by atoms with van der Waals surface area (Å²) in [6.45, 7) is 1.44. The molecular formula is C8H6Cl2F2. The topological polar surface area (TPSA) is 0 Å². The Balaban J connectivity index is 3.27. The molecule has 0 N–H and O–H groups in total. The molecule has 0 spiro atoms. The first-order valence-electron chi connectivity index (χ1n) is 3.26. The van der Waals surface area contributed by atoms with Gasteiger partial charge in [-0.2, -0.15) is 0 Å². The highest BCUT2D eigenvalue weighted by molar-refractivity contribution is 6.44. The van der Waals surface area contributed by atoms with E-state index in [0.717, 1.165) is 6.07 Å². The highest BCUT2D eigenvalue weighted by Crippen LogP contribution is 2.29. The lowest BCUT2D eigenvalue weighted by atomic mass is 10.1. The molecule has 66 valence electrons. The Morgan fingerprint density at radius 2 is 1.83 bits per heavy atom. The van der Waals surface area contributed by atoms with Crippen LogP contribution in [0.5, 0.6) is 0 Å². The third kappa shape index (κ3) is 1.70. The SMILES string of the molecule is Cc1c(C(Cl)Cl)ccc(F)c1F. The Labute approximate surface area is 79.1 Å². The van der Waals surface area contributed by atoms with Crippen molar-refractivity contribution in [2.24, 2.45) is 0 Å². The van der Waals surface area contributed by atoms with Gasteiger partial charge in [0.2, 0.25) is 0 Å². The van der Waals surface area contributed by atoms with E-state index in [-0.39, 0.29) is 5.56 Å². The van der Waals surface area contributed by atoms with E-state index in [1.807, 2.05) is 0 Å². The first kappa shape index (κ1) is 9.75. The van der Waals surface area contributed by atoms with Crippen LogP contribution in [0.2, 0.25) is 0 Å². The van der Waals surface area contributed by atoms with Crippen molar-refractivity contribution in [2.75, 3.05) is 0 Å². The largest absolute Gasteiger partial charge is 0.204 e. The molecule has 1 rings (SSSR count). The molecule has 0 aliphatic heterocycles. The zero-order valence-electron chi connectivity index (χ0n) is 6.24. The van der Waals surface area contributed by atoms with Crippen LogP contribution in [0.4, 0.5) is 8.78 Å². The van der Waals surface area contributed by atoms with Crippen LogP contribution in [0.1, 0.15) is 16.0 Å². The van der Waals surface area contributed by atoms with E-state index in [1.165, 1.54) is 13.0 Å². The van der Waals surface area contributed by atoms with E-state index in [9.17, 15) is 8.78 Å². The molecule has 0 atom stereocenters. The molecule has 0 bridgehead atoms. The van der Waals surface area contributed by atoms with Gasteiger partial charge in [0, 0.05) is 0 Å². The maximum absolute atomic E-state index is 12.9. The van der Waals surface area contributed by atoms with Gasteiger partial charge in [0.25, 0.3) is 0 Å². The summed E-state index contributed by atoms with van der Waals surface area (Å²) in [6, 6.07) is 2.38. The molecule has 0 unspecified atom stereocenters. The fourth-order valence-electron chi connectivity index (χ4n) is 0.903. The molecule has 0 fully saturated rings. The maximum Gasteiger partial charge on any atom is 0.162 e. The number of rotatable bonds is 1. The minimum Gasteiger partial charge on any atom is -0.204 e. The molecule has 1 aromatic rings. The summed E-state index contributed by atoms with van der Waals surface area (Å²) < 4.78 is 25.4. The van der Waals surface area contributed by atoms with E-state index in [4.69, 9.17) is 23.2 Å². The van der Waals surface area contributed by atoms with Crippen LogP contribution >= 0.6 is 23.2 Å².